The maximum atomic E-state index is 13.6. The van der Waals surface area contributed by atoms with Crippen LogP contribution >= 0.6 is 11.8 Å². The fraction of sp³-hybridized carbons (Fsp3) is 0.500. The summed E-state index contributed by atoms with van der Waals surface area (Å²) in [6.45, 7) is 4.35. The Morgan fingerprint density at radius 3 is 2.50 bits per heavy atom. The zero-order valence-corrected chi connectivity index (χ0v) is 21.8. The van der Waals surface area contributed by atoms with Gasteiger partial charge in [0, 0.05) is 11.8 Å². The van der Waals surface area contributed by atoms with Crippen LogP contribution in [0.3, 0.4) is 0 Å². The number of benzene rings is 2. The van der Waals surface area contributed by atoms with E-state index < -0.39 is 10.0 Å². The number of hydrogen-bond acceptors (Lipinski definition) is 5. The highest BCUT2D eigenvalue weighted by Gasteiger charge is 2.29. The molecule has 0 heterocycles. The first-order valence-corrected chi connectivity index (χ1v) is 14.6. The molecule has 1 saturated carbocycles. The summed E-state index contributed by atoms with van der Waals surface area (Å²) in [5, 5.41) is 3.65. The highest BCUT2D eigenvalue weighted by atomic mass is 32.2. The van der Waals surface area contributed by atoms with E-state index in [1.807, 2.05) is 25.6 Å². The number of carbonyl (C=O) groups excluding carboxylic acids is 1. The maximum Gasteiger partial charge on any atom is 0.264 e. The van der Waals surface area contributed by atoms with Crippen molar-refractivity contribution in [3.05, 3.63) is 54.1 Å². The third-order valence-corrected chi connectivity index (χ3v) is 9.12. The number of nitrogens with zero attached hydrogens (tertiary/aromatic N) is 1. The van der Waals surface area contributed by atoms with Crippen molar-refractivity contribution < 1.29 is 17.9 Å². The number of aryl methyl sites for hydroxylation is 1. The number of rotatable bonds is 12. The van der Waals surface area contributed by atoms with Crippen molar-refractivity contribution in [2.24, 2.45) is 0 Å². The molecule has 6 nitrogen and oxygen atoms in total. The molecule has 2 aromatic rings. The molecule has 2 aromatic carbocycles. The second-order valence-electron chi connectivity index (χ2n) is 8.56. The van der Waals surface area contributed by atoms with Crippen molar-refractivity contribution in [2.75, 3.05) is 29.8 Å². The van der Waals surface area contributed by atoms with Crippen LogP contribution in [0.25, 0.3) is 0 Å². The van der Waals surface area contributed by atoms with E-state index in [1.165, 1.54) is 32.1 Å². The molecule has 1 aliphatic carbocycles. The molecule has 34 heavy (non-hydrogen) atoms. The number of thioether (sulfide) groups is 1. The van der Waals surface area contributed by atoms with Crippen LogP contribution in [-0.4, -0.2) is 45.0 Å². The van der Waals surface area contributed by atoms with Crippen LogP contribution in [-0.2, 0) is 14.8 Å². The van der Waals surface area contributed by atoms with Crippen molar-refractivity contribution >= 4 is 33.4 Å². The number of sulfonamides is 1. The third kappa shape index (κ3) is 7.40. The molecule has 0 radical (unpaired) electrons. The molecule has 3 rings (SSSR count). The molecule has 0 unspecified atom stereocenters. The second-order valence-corrected chi connectivity index (χ2v) is 11.8. The lowest BCUT2D eigenvalue weighted by Gasteiger charge is -2.26. The second kappa shape index (κ2) is 13.0. The Labute approximate surface area is 208 Å². The van der Waals surface area contributed by atoms with Gasteiger partial charge in [0.2, 0.25) is 5.91 Å². The van der Waals surface area contributed by atoms with E-state index in [9.17, 15) is 13.2 Å². The standard InChI is InChI=1S/C26H36N2O4S2/c1-3-32-25-13-8-7-12-24(25)28(34(30,31)23-16-14-21(2)15-17-23)20-26(29)27-18-9-19-33-22-10-5-4-6-11-22/h7-8,12-17,22H,3-6,9-11,18-20H2,1-2H3,(H,27,29). The summed E-state index contributed by atoms with van der Waals surface area (Å²) in [4.78, 5) is 13.0. The fourth-order valence-corrected chi connectivity index (χ4v) is 6.79. The first-order chi connectivity index (χ1) is 16.4. The van der Waals surface area contributed by atoms with Gasteiger partial charge in [-0.2, -0.15) is 11.8 Å². The van der Waals surface area contributed by atoms with Gasteiger partial charge in [0.25, 0.3) is 10.0 Å². The predicted molar refractivity (Wildman–Crippen MR) is 140 cm³/mol. The number of hydrogen-bond donors (Lipinski definition) is 1. The van der Waals surface area contributed by atoms with Gasteiger partial charge in [0.05, 0.1) is 17.2 Å². The van der Waals surface area contributed by atoms with E-state index in [-0.39, 0.29) is 17.3 Å². The Morgan fingerprint density at radius 1 is 1.09 bits per heavy atom. The van der Waals surface area contributed by atoms with Crippen molar-refractivity contribution in [2.45, 2.75) is 62.5 Å². The topological polar surface area (TPSA) is 75.7 Å². The van der Waals surface area contributed by atoms with Gasteiger partial charge >= 0.3 is 0 Å². The Balaban J connectivity index is 1.69. The summed E-state index contributed by atoms with van der Waals surface area (Å²) in [7, 11) is -3.97. The summed E-state index contributed by atoms with van der Waals surface area (Å²) in [5.74, 6) is 1.10. The molecule has 186 valence electrons. The van der Waals surface area contributed by atoms with Gasteiger partial charge < -0.3 is 10.1 Å². The van der Waals surface area contributed by atoms with E-state index >= 15 is 0 Å². The quantitative estimate of drug-likeness (QED) is 0.404. The summed E-state index contributed by atoms with van der Waals surface area (Å²) in [6.07, 6.45) is 7.45. The van der Waals surface area contributed by atoms with Crippen molar-refractivity contribution in [1.82, 2.24) is 5.32 Å². The summed E-state index contributed by atoms with van der Waals surface area (Å²) >= 11 is 2.00. The highest BCUT2D eigenvalue weighted by Crippen LogP contribution is 2.32. The first-order valence-electron chi connectivity index (χ1n) is 12.1. The van der Waals surface area contributed by atoms with Crippen LogP contribution in [0.2, 0.25) is 0 Å². The van der Waals surface area contributed by atoms with E-state index in [2.05, 4.69) is 5.32 Å². The van der Waals surface area contributed by atoms with E-state index in [1.54, 1.807) is 48.5 Å². The lowest BCUT2D eigenvalue weighted by molar-refractivity contribution is -0.119. The molecule has 1 N–H and O–H groups in total. The Hall–Kier alpha value is -2.19. The first kappa shape index (κ1) is 26.4. The van der Waals surface area contributed by atoms with Gasteiger partial charge in [-0.05, 0) is 63.1 Å². The largest absolute Gasteiger partial charge is 0.492 e. The van der Waals surface area contributed by atoms with Crippen LogP contribution in [0.15, 0.2) is 53.4 Å². The third-order valence-electron chi connectivity index (χ3n) is 5.88. The number of anilines is 1. The number of nitrogens with one attached hydrogen (secondary N) is 1. The summed E-state index contributed by atoms with van der Waals surface area (Å²) in [5.41, 5.74) is 1.32. The minimum absolute atomic E-state index is 0.140. The number of amides is 1. The van der Waals surface area contributed by atoms with Gasteiger partial charge in [-0.1, -0.05) is 49.1 Å². The van der Waals surface area contributed by atoms with Crippen LogP contribution < -0.4 is 14.4 Å². The molecule has 0 spiro atoms. The summed E-state index contributed by atoms with van der Waals surface area (Å²) < 4.78 is 34.0. The van der Waals surface area contributed by atoms with Crippen molar-refractivity contribution in [1.29, 1.82) is 0 Å². The van der Waals surface area contributed by atoms with Gasteiger partial charge in [0.1, 0.15) is 12.3 Å². The molecule has 8 heteroatoms. The van der Waals surface area contributed by atoms with E-state index in [0.717, 1.165) is 27.3 Å². The average molecular weight is 505 g/mol. The van der Waals surface area contributed by atoms with Crippen molar-refractivity contribution in [3.8, 4) is 5.75 Å². The smallest absolute Gasteiger partial charge is 0.264 e. The van der Waals surface area contributed by atoms with Crippen LogP contribution in [0.1, 0.15) is 51.0 Å². The van der Waals surface area contributed by atoms with Gasteiger partial charge in [-0.25, -0.2) is 8.42 Å². The Morgan fingerprint density at radius 2 is 1.79 bits per heavy atom. The number of carbonyl (C=O) groups is 1. The maximum absolute atomic E-state index is 13.6. The van der Waals surface area contributed by atoms with Crippen LogP contribution in [0.4, 0.5) is 5.69 Å². The number of para-hydroxylation sites is 2. The minimum Gasteiger partial charge on any atom is -0.492 e. The normalized spacial score (nSPS) is 14.5. The molecule has 1 amide bonds. The monoisotopic (exact) mass is 504 g/mol. The molecular weight excluding hydrogens is 468 g/mol. The number of ether oxygens (including phenoxy) is 1. The summed E-state index contributed by atoms with van der Waals surface area (Å²) in [6, 6.07) is 13.6. The SMILES string of the molecule is CCOc1ccccc1N(CC(=O)NCCCSC1CCCCC1)S(=O)(=O)c1ccc(C)cc1. The zero-order valence-electron chi connectivity index (χ0n) is 20.2. The molecule has 0 aromatic heterocycles. The molecule has 1 fully saturated rings. The Bertz CT molecular complexity index is 1020. The molecule has 0 saturated heterocycles. The fourth-order valence-electron chi connectivity index (χ4n) is 4.05. The molecule has 1 aliphatic rings. The molecule has 0 bridgehead atoms. The molecule has 0 atom stereocenters. The van der Waals surface area contributed by atoms with Gasteiger partial charge in [0.15, 0.2) is 0 Å². The zero-order chi connectivity index (χ0) is 24.4. The predicted octanol–water partition coefficient (Wildman–Crippen LogP) is 5.16. The van der Waals surface area contributed by atoms with E-state index in [0.29, 0.717) is 24.6 Å². The lowest BCUT2D eigenvalue weighted by Crippen LogP contribution is -2.41. The molecule has 0 aliphatic heterocycles. The van der Waals surface area contributed by atoms with Crippen LogP contribution in [0, 0.1) is 6.92 Å². The lowest BCUT2D eigenvalue weighted by atomic mass is 10.0. The highest BCUT2D eigenvalue weighted by molar-refractivity contribution is 7.99. The average Bonchev–Trinajstić information content (AvgIpc) is 2.84. The van der Waals surface area contributed by atoms with E-state index in [4.69, 9.17) is 4.74 Å². The van der Waals surface area contributed by atoms with Gasteiger partial charge in [-0.3, -0.25) is 9.10 Å². The van der Waals surface area contributed by atoms with Crippen LogP contribution in [0.5, 0.6) is 5.75 Å². The Kier molecular flexibility index (Phi) is 10.1. The van der Waals surface area contributed by atoms with Crippen molar-refractivity contribution in [3.63, 3.8) is 0 Å². The minimum atomic E-state index is -3.97. The van der Waals surface area contributed by atoms with Gasteiger partial charge in [-0.15, -0.1) is 0 Å². The molecular formula is C26H36N2O4S2.